The number of carbonyl (C=O) groups excluding carboxylic acids is 1. The van der Waals surface area contributed by atoms with Gasteiger partial charge in [0, 0.05) is 0 Å². The van der Waals surface area contributed by atoms with E-state index in [-0.39, 0.29) is 5.78 Å². The van der Waals surface area contributed by atoms with Gasteiger partial charge in [-0.25, -0.2) is 0 Å². The molecule has 0 aliphatic rings. The Morgan fingerprint density at radius 2 is 2.08 bits per heavy atom. The van der Waals surface area contributed by atoms with Gasteiger partial charge in [-0.2, -0.15) is 0 Å². The fourth-order valence-electron chi connectivity index (χ4n) is 0.805. The first-order chi connectivity index (χ1) is 5.84. The van der Waals surface area contributed by atoms with Gasteiger partial charge >= 0.3 is 81.2 Å². The Hall–Kier alpha value is -0.830. The Morgan fingerprint density at radius 1 is 1.42 bits per heavy atom. The molecule has 0 aliphatic heterocycles. The van der Waals surface area contributed by atoms with Crippen molar-refractivity contribution in [2.24, 2.45) is 0 Å². The van der Waals surface area contributed by atoms with Crippen LogP contribution in [0.4, 0.5) is 0 Å². The Morgan fingerprint density at radius 3 is 2.67 bits per heavy atom. The number of Topliss-reactive ketones (excluding diaryl/α,β-unsaturated/α-hetero) is 1. The molecule has 2 nitrogen and oxygen atoms in total. The number of rotatable bonds is 3. The molecule has 0 aliphatic carbocycles. The standard InChI is InChI=1S/C9H7NOTe/c10-7-12-6-9(11)8-4-2-1-3-5-8/h1-5H,6H2. The summed E-state index contributed by atoms with van der Waals surface area (Å²) in [5, 5.41) is 8.32. The minimum absolute atomic E-state index is 0.0968. The van der Waals surface area contributed by atoms with E-state index in [1.54, 1.807) is 12.1 Å². The summed E-state index contributed by atoms with van der Waals surface area (Å²) >= 11 is -0.742. The van der Waals surface area contributed by atoms with Crippen LogP contribution < -0.4 is 0 Å². The fourth-order valence-corrected chi connectivity index (χ4v) is 1.84. The predicted molar refractivity (Wildman–Crippen MR) is 46.9 cm³/mol. The Bertz CT molecular complexity index is 302. The molecule has 0 bridgehead atoms. The van der Waals surface area contributed by atoms with Crippen LogP contribution in [-0.2, 0) is 0 Å². The van der Waals surface area contributed by atoms with Crippen molar-refractivity contribution in [2.45, 2.75) is 4.47 Å². The monoisotopic (exact) mass is 275 g/mol. The zero-order valence-electron chi connectivity index (χ0n) is 6.36. The van der Waals surface area contributed by atoms with Gasteiger partial charge in [0.05, 0.1) is 0 Å². The summed E-state index contributed by atoms with van der Waals surface area (Å²) in [5.41, 5.74) is 0.720. The van der Waals surface area contributed by atoms with Crippen LogP contribution in [-0.4, -0.2) is 26.7 Å². The average molecular weight is 273 g/mol. The van der Waals surface area contributed by atoms with Gasteiger partial charge in [-0.05, 0) is 0 Å². The molecule has 60 valence electrons. The van der Waals surface area contributed by atoms with Crippen molar-refractivity contribution in [3.8, 4) is 4.12 Å². The number of ketones is 1. The summed E-state index contributed by atoms with van der Waals surface area (Å²) in [6.07, 6.45) is 0. The van der Waals surface area contributed by atoms with E-state index in [2.05, 4.69) is 4.12 Å². The van der Waals surface area contributed by atoms with Crippen LogP contribution in [0.5, 0.6) is 0 Å². The average Bonchev–Trinajstić information content (AvgIpc) is 2.15. The van der Waals surface area contributed by atoms with Crippen molar-refractivity contribution in [3.05, 3.63) is 35.9 Å². The second kappa shape index (κ2) is 4.93. The van der Waals surface area contributed by atoms with E-state index in [1.807, 2.05) is 18.2 Å². The molecular weight excluding hydrogens is 266 g/mol. The van der Waals surface area contributed by atoms with Crippen LogP contribution in [0.15, 0.2) is 30.3 Å². The van der Waals surface area contributed by atoms with E-state index in [0.29, 0.717) is 4.47 Å². The molecule has 0 aromatic heterocycles. The molecule has 0 heterocycles. The Kier molecular flexibility index (Phi) is 3.80. The first-order valence-electron chi connectivity index (χ1n) is 3.43. The van der Waals surface area contributed by atoms with Gasteiger partial charge in [0.15, 0.2) is 0 Å². The molecule has 0 saturated carbocycles. The minimum atomic E-state index is -0.742. The van der Waals surface area contributed by atoms with Crippen molar-refractivity contribution >= 4 is 26.7 Å². The number of hydrogen-bond donors (Lipinski definition) is 0. The topological polar surface area (TPSA) is 40.9 Å². The van der Waals surface area contributed by atoms with E-state index in [4.69, 9.17) is 5.26 Å². The summed E-state index contributed by atoms with van der Waals surface area (Å²) in [6.45, 7) is 0. The van der Waals surface area contributed by atoms with Crippen LogP contribution in [0.1, 0.15) is 10.4 Å². The molecule has 3 heteroatoms. The van der Waals surface area contributed by atoms with Crippen LogP contribution in [0.3, 0.4) is 0 Å². The molecule has 1 rings (SSSR count). The molecule has 0 amide bonds. The molecule has 1 aromatic rings. The molecule has 0 radical (unpaired) electrons. The van der Waals surface area contributed by atoms with E-state index in [1.165, 1.54) is 0 Å². The predicted octanol–water partition coefficient (Wildman–Crippen LogP) is 1.47. The second-order valence-corrected chi connectivity index (χ2v) is 4.34. The van der Waals surface area contributed by atoms with Crippen molar-refractivity contribution in [1.29, 1.82) is 5.26 Å². The maximum absolute atomic E-state index is 11.3. The second-order valence-electron chi connectivity index (χ2n) is 2.17. The van der Waals surface area contributed by atoms with Crippen molar-refractivity contribution in [2.75, 3.05) is 0 Å². The van der Waals surface area contributed by atoms with Crippen LogP contribution in [0, 0.1) is 9.38 Å². The van der Waals surface area contributed by atoms with Gasteiger partial charge in [-0.3, -0.25) is 0 Å². The molecule has 0 spiro atoms. The van der Waals surface area contributed by atoms with Crippen LogP contribution >= 0.6 is 0 Å². The molecular formula is C9H7NOTe. The molecule has 1 aromatic carbocycles. The zero-order chi connectivity index (χ0) is 8.81. The molecule has 0 saturated heterocycles. The van der Waals surface area contributed by atoms with E-state index in [9.17, 15) is 4.79 Å². The maximum atomic E-state index is 11.3. The number of hydrogen-bond acceptors (Lipinski definition) is 2. The summed E-state index contributed by atoms with van der Waals surface area (Å²) < 4.78 is 2.53. The molecule has 0 N–H and O–H groups in total. The summed E-state index contributed by atoms with van der Waals surface area (Å²) in [4.78, 5) is 11.3. The quantitative estimate of drug-likeness (QED) is 0.618. The van der Waals surface area contributed by atoms with E-state index >= 15 is 0 Å². The van der Waals surface area contributed by atoms with Gasteiger partial charge in [-0.1, -0.05) is 0 Å². The first-order valence-corrected chi connectivity index (χ1v) is 6.25. The molecule has 0 unspecified atom stereocenters. The van der Waals surface area contributed by atoms with Crippen LogP contribution in [0.2, 0.25) is 4.47 Å². The first kappa shape index (κ1) is 9.26. The van der Waals surface area contributed by atoms with Gasteiger partial charge in [0.1, 0.15) is 0 Å². The van der Waals surface area contributed by atoms with Crippen molar-refractivity contribution in [1.82, 2.24) is 0 Å². The third-order valence-electron chi connectivity index (χ3n) is 1.36. The van der Waals surface area contributed by atoms with Gasteiger partial charge in [-0.15, -0.1) is 0 Å². The normalized spacial score (nSPS) is 8.92. The van der Waals surface area contributed by atoms with Gasteiger partial charge in [0.2, 0.25) is 0 Å². The number of carbonyl (C=O) groups is 1. The van der Waals surface area contributed by atoms with Crippen molar-refractivity contribution < 1.29 is 4.79 Å². The fraction of sp³-hybridized carbons (Fsp3) is 0.111. The van der Waals surface area contributed by atoms with Crippen LogP contribution in [0.25, 0.3) is 0 Å². The molecule has 12 heavy (non-hydrogen) atoms. The SMILES string of the molecule is N#C[Te]CC(=O)c1ccccc1. The number of nitrogens with zero attached hydrogens (tertiary/aromatic N) is 1. The third-order valence-corrected chi connectivity index (χ3v) is 2.89. The van der Waals surface area contributed by atoms with E-state index in [0.717, 1.165) is 5.56 Å². The zero-order valence-corrected chi connectivity index (χ0v) is 8.69. The Labute approximate surface area is 81.3 Å². The summed E-state index contributed by atoms with van der Waals surface area (Å²) in [6, 6.07) is 9.11. The van der Waals surface area contributed by atoms with Gasteiger partial charge in [0.25, 0.3) is 0 Å². The summed E-state index contributed by atoms with van der Waals surface area (Å²) in [5.74, 6) is 0.0968. The molecule has 0 atom stereocenters. The van der Waals surface area contributed by atoms with Crippen molar-refractivity contribution in [3.63, 3.8) is 0 Å². The summed E-state index contributed by atoms with van der Waals surface area (Å²) in [7, 11) is 0. The Balaban J connectivity index is 2.61. The van der Waals surface area contributed by atoms with E-state index < -0.39 is 20.9 Å². The number of nitriles is 1. The number of benzene rings is 1. The molecule has 0 fully saturated rings. The third kappa shape index (κ3) is 2.66. The van der Waals surface area contributed by atoms with Gasteiger partial charge < -0.3 is 0 Å².